The van der Waals surface area contributed by atoms with Gasteiger partial charge in [-0.15, -0.1) is 0 Å². The Kier molecular flexibility index (Phi) is 5.17. The van der Waals surface area contributed by atoms with Crippen molar-refractivity contribution in [2.45, 2.75) is 32.2 Å². The number of anilines is 1. The maximum atomic E-state index is 13.9. The number of fused-ring (bicyclic) bond motifs is 1. The third kappa shape index (κ3) is 3.74. The molecule has 5 nitrogen and oxygen atoms in total. The number of carbonyl (C=O) groups is 2. The highest BCUT2D eigenvalue weighted by atomic mass is 19.2. The Bertz CT molecular complexity index is 1020. The highest BCUT2D eigenvalue weighted by molar-refractivity contribution is 5.99. The molecule has 0 atom stereocenters. The lowest BCUT2D eigenvalue weighted by Gasteiger charge is -2.44. The number of hydrogen-bond donors (Lipinski definition) is 2. The molecular weight excluding hydrogens is 395 g/mol. The quantitative estimate of drug-likeness (QED) is 0.730. The van der Waals surface area contributed by atoms with Gasteiger partial charge in [-0.1, -0.05) is 12.1 Å². The van der Waals surface area contributed by atoms with Gasteiger partial charge in [-0.2, -0.15) is 0 Å². The van der Waals surface area contributed by atoms with Gasteiger partial charge in [0, 0.05) is 37.2 Å². The molecular formula is C22H22F3N3O2. The Morgan fingerprint density at radius 2 is 1.80 bits per heavy atom. The average molecular weight is 417 g/mol. The summed E-state index contributed by atoms with van der Waals surface area (Å²) in [6.45, 7) is 0.753. The Hall–Kier alpha value is -3.03. The van der Waals surface area contributed by atoms with Gasteiger partial charge in [0.15, 0.2) is 17.4 Å². The fraction of sp³-hybridized carbons (Fsp3) is 0.364. The smallest absolute Gasteiger partial charge is 0.317 e. The van der Waals surface area contributed by atoms with Crippen LogP contribution in [0.25, 0.3) is 0 Å². The number of nitrogens with one attached hydrogen (secondary N) is 1. The Morgan fingerprint density at radius 1 is 1.07 bits per heavy atom. The summed E-state index contributed by atoms with van der Waals surface area (Å²) in [4.78, 5) is 26.6. The molecule has 2 aromatic carbocycles. The second-order valence-electron chi connectivity index (χ2n) is 8.17. The van der Waals surface area contributed by atoms with E-state index in [9.17, 15) is 22.8 Å². The number of ketones is 1. The molecule has 3 N–H and O–H groups in total. The van der Waals surface area contributed by atoms with Crippen LogP contribution < -0.4 is 11.1 Å². The van der Waals surface area contributed by atoms with Crippen molar-refractivity contribution >= 4 is 17.5 Å². The molecule has 2 aliphatic rings. The van der Waals surface area contributed by atoms with Crippen LogP contribution in [0.4, 0.5) is 23.7 Å². The zero-order valence-electron chi connectivity index (χ0n) is 16.3. The number of carbonyl (C=O) groups excluding carboxylic acids is 2. The number of amides is 2. The average Bonchev–Trinajstić information content (AvgIpc) is 2.72. The van der Waals surface area contributed by atoms with Crippen molar-refractivity contribution in [2.24, 2.45) is 5.41 Å². The van der Waals surface area contributed by atoms with Crippen molar-refractivity contribution in [1.82, 2.24) is 10.2 Å². The van der Waals surface area contributed by atoms with Crippen molar-refractivity contribution in [3.63, 3.8) is 0 Å². The minimum absolute atomic E-state index is 0.0187. The van der Waals surface area contributed by atoms with Crippen molar-refractivity contribution in [1.29, 1.82) is 0 Å². The lowest BCUT2D eigenvalue weighted by Crippen LogP contribution is -2.49. The monoisotopic (exact) mass is 417 g/mol. The van der Waals surface area contributed by atoms with E-state index in [0.717, 1.165) is 5.56 Å². The van der Waals surface area contributed by atoms with Crippen LogP contribution in [0.15, 0.2) is 30.3 Å². The number of nitrogens with two attached hydrogens (primary N) is 1. The molecule has 1 heterocycles. The van der Waals surface area contributed by atoms with E-state index in [-0.39, 0.29) is 35.0 Å². The third-order valence-electron chi connectivity index (χ3n) is 6.21. The molecule has 1 aliphatic carbocycles. The number of nitrogen functional groups attached to an aromatic ring is 1. The molecule has 2 amide bonds. The van der Waals surface area contributed by atoms with E-state index in [0.29, 0.717) is 44.3 Å². The summed E-state index contributed by atoms with van der Waals surface area (Å²) >= 11 is 0. The topological polar surface area (TPSA) is 75.4 Å². The first-order valence-electron chi connectivity index (χ1n) is 9.85. The summed E-state index contributed by atoms with van der Waals surface area (Å²) in [5, 5.41) is 2.61. The fourth-order valence-electron chi connectivity index (χ4n) is 4.43. The van der Waals surface area contributed by atoms with Crippen LogP contribution >= 0.6 is 0 Å². The van der Waals surface area contributed by atoms with E-state index in [1.54, 1.807) is 11.0 Å². The zero-order valence-corrected chi connectivity index (χ0v) is 16.3. The molecule has 1 spiro atoms. The van der Waals surface area contributed by atoms with Crippen LogP contribution in [-0.2, 0) is 13.0 Å². The molecule has 0 aromatic heterocycles. The molecule has 0 bridgehead atoms. The maximum absolute atomic E-state index is 13.9. The zero-order chi connectivity index (χ0) is 21.5. The van der Waals surface area contributed by atoms with Crippen LogP contribution in [0.3, 0.4) is 0 Å². The second kappa shape index (κ2) is 7.66. The Morgan fingerprint density at radius 3 is 2.53 bits per heavy atom. The molecule has 1 fully saturated rings. The maximum Gasteiger partial charge on any atom is 0.317 e. The summed E-state index contributed by atoms with van der Waals surface area (Å²) in [5.41, 5.74) is 6.14. The summed E-state index contributed by atoms with van der Waals surface area (Å²) in [7, 11) is 0. The third-order valence-corrected chi connectivity index (χ3v) is 6.21. The molecule has 0 radical (unpaired) electrons. The van der Waals surface area contributed by atoms with Crippen molar-refractivity contribution in [3.05, 3.63) is 64.5 Å². The van der Waals surface area contributed by atoms with Gasteiger partial charge in [0.2, 0.25) is 0 Å². The first kappa shape index (κ1) is 20.3. The van der Waals surface area contributed by atoms with Gasteiger partial charge in [0.25, 0.3) is 0 Å². The summed E-state index contributed by atoms with van der Waals surface area (Å²) < 4.78 is 40.9. The van der Waals surface area contributed by atoms with E-state index < -0.39 is 17.5 Å². The van der Waals surface area contributed by atoms with E-state index >= 15 is 0 Å². The van der Waals surface area contributed by atoms with Crippen LogP contribution in [0, 0.1) is 22.9 Å². The molecule has 1 saturated heterocycles. The highest BCUT2D eigenvalue weighted by Gasteiger charge is 2.41. The number of rotatable bonds is 2. The van der Waals surface area contributed by atoms with Gasteiger partial charge in [-0.05, 0) is 48.4 Å². The number of halogens is 3. The number of likely N-dealkylation sites (tertiary alicyclic amines) is 1. The molecule has 4 rings (SSSR count). The van der Waals surface area contributed by atoms with Crippen LogP contribution in [-0.4, -0.2) is 29.8 Å². The van der Waals surface area contributed by atoms with E-state index in [2.05, 4.69) is 5.32 Å². The number of hydrogen-bond acceptors (Lipinski definition) is 3. The van der Waals surface area contributed by atoms with Crippen molar-refractivity contribution < 1.29 is 22.8 Å². The lowest BCUT2D eigenvalue weighted by atomic mass is 9.66. The fourth-order valence-corrected chi connectivity index (χ4v) is 4.43. The Labute approximate surface area is 172 Å². The number of piperidine rings is 1. The van der Waals surface area contributed by atoms with Crippen LogP contribution in [0.1, 0.15) is 40.7 Å². The number of Topliss-reactive ketones (excluding diaryl/α,β-unsaturated/α-hetero) is 1. The van der Waals surface area contributed by atoms with Crippen LogP contribution in [0.5, 0.6) is 0 Å². The van der Waals surface area contributed by atoms with Gasteiger partial charge in [0.1, 0.15) is 5.82 Å². The lowest BCUT2D eigenvalue weighted by molar-refractivity contribution is 0.0735. The number of urea groups is 1. The number of benzene rings is 2. The molecule has 2 aromatic rings. The highest BCUT2D eigenvalue weighted by Crippen LogP contribution is 2.43. The summed E-state index contributed by atoms with van der Waals surface area (Å²) in [5.74, 6) is -2.66. The molecule has 1 aliphatic heterocycles. The minimum Gasteiger partial charge on any atom is -0.396 e. The standard InChI is InChI=1S/C22H22F3N3O2/c23-15-3-1-13-10-22(11-18(29)16(13)9-15)5-7-28(8-6-22)21(30)27-12-14-2-4-17(26)20(25)19(14)24/h1-4,9H,5-8,10-12,26H2,(H,27,30). The number of nitrogens with zero attached hydrogens (tertiary/aromatic N) is 1. The molecule has 0 saturated carbocycles. The second-order valence-corrected chi connectivity index (χ2v) is 8.17. The molecule has 8 heteroatoms. The largest absolute Gasteiger partial charge is 0.396 e. The van der Waals surface area contributed by atoms with E-state index in [1.165, 1.54) is 24.3 Å². The van der Waals surface area contributed by atoms with Gasteiger partial charge >= 0.3 is 6.03 Å². The molecule has 30 heavy (non-hydrogen) atoms. The molecule has 0 unspecified atom stereocenters. The minimum atomic E-state index is -1.12. The summed E-state index contributed by atoms with van der Waals surface area (Å²) in [6, 6.07) is 6.56. The first-order valence-corrected chi connectivity index (χ1v) is 9.85. The van der Waals surface area contributed by atoms with Crippen molar-refractivity contribution in [3.8, 4) is 0 Å². The molecule has 158 valence electrons. The van der Waals surface area contributed by atoms with Gasteiger partial charge in [-0.3, -0.25) is 4.79 Å². The van der Waals surface area contributed by atoms with Gasteiger partial charge < -0.3 is 16.0 Å². The van der Waals surface area contributed by atoms with E-state index in [4.69, 9.17) is 5.73 Å². The summed E-state index contributed by atoms with van der Waals surface area (Å²) in [6.07, 6.45) is 2.32. The van der Waals surface area contributed by atoms with Crippen LogP contribution in [0.2, 0.25) is 0 Å². The normalized spacial score (nSPS) is 17.7. The van der Waals surface area contributed by atoms with Gasteiger partial charge in [-0.25, -0.2) is 18.0 Å². The first-order chi connectivity index (χ1) is 14.3. The Balaban J connectivity index is 1.37. The predicted molar refractivity (Wildman–Crippen MR) is 105 cm³/mol. The predicted octanol–water partition coefficient (Wildman–Crippen LogP) is 3.81. The van der Waals surface area contributed by atoms with Gasteiger partial charge in [0.05, 0.1) is 5.69 Å². The SMILES string of the molecule is Nc1ccc(CNC(=O)N2CCC3(CC2)CC(=O)c2cc(F)ccc2C3)c(F)c1F. The van der Waals surface area contributed by atoms with E-state index in [1.807, 2.05) is 0 Å². The van der Waals surface area contributed by atoms with Crippen molar-refractivity contribution in [2.75, 3.05) is 18.8 Å².